The van der Waals surface area contributed by atoms with Gasteiger partial charge in [-0.1, -0.05) is 41.4 Å². The van der Waals surface area contributed by atoms with Crippen molar-refractivity contribution in [2.75, 3.05) is 6.61 Å². The van der Waals surface area contributed by atoms with Crippen molar-refractivity contribution in [3.05, 3.63) is 63.3 Å². The Morgan fingerprint density at radius 3 is 2.52 bits per heavy atom. The largest absolute Gasteiger partial charge is 0.474 e. The Labute approximate surface area is 161 Å². The van der Waals surface area contributed by atoms with Crippen LogP contribution in [0.2, 0.25) is 5.02 Å². The molecule has 0 N–H and O–H groups in total. The molecule has 0 amide bonds. The highest BCUT2D eigenvalue weighted by atomic mass is 35.5. The first-order valence-corrected chi connectivity index (χ1v) is 8.88. The average Bonchev–Trinajstić information content (AvgIpc) is 2.61. The van der Waals surface area contributed by atoms with E-state index in [0.717, 1.165) is 5.56 Å². The Balaban J connectivity index is 2.11. The maximum atomic E-state index is 13.0. The lowest BCUT2D eigenvalue weighted by atomic mass is 10.1. The zero-order chi connectivity index (χ0) is 19.6. The molecule has 0 saturated carbocycles. The molecule has 3 aromatic rings. The second-order valence-electron chi connectivity index (χ2n) is 6.42. The van der Waals surface area contributed by atoms with Gasteiger partial charge in [-0.05, 0) is 39.0 Å². The van der Waals surface area contributed by atoms with E-state index in [4.69, 9.17) is 25.5 Å². The minimum absolute atomic E-state index is 0.0469. The van der Waals surface area contributed by atoms with Gasteiger partial charge in [-0.25, -0.2) is 4.79 Å². The summed E-state index contributed by atoms with van der Waals surface area (Å²) in [5.41, 5.74) is 1.72. The van der Waals surface area contributed by atoms with Crippen LogP contribution in [0.3, 0.4) is 0 Å². The lowest BCUT2D eigenvalue weighted by Crippen LogP contribution is -2.21. The lowest BCUT2D eigenvalue weighted by molar-refractivity contribution is -0.149. The third-order valence-electron chi connectivity index (χ3n) is 3.83. The van der Waals surface area contributed by atoms with Crippen molar-refractivity contribution in [2.24, 2.45) is 0 Å². The number of carbonyl (C=O) groups excluding carboxylic acids is 1. The van der Waals surface area contributed by atoms with Crippen LogP contribution in [0.1, 0.15) is 19.4 Å². The molecule has 0 radical (unpaired) electrons. The quantitative estimate of drug-likeness (QED) is 0.592. The zero-order valence-corrected chi connectivity index (χ0v) is 16.0. The minimum atomic E-state index is -0.564. The van der Waals surface area contributed by atoms with Crippen LogP contribution in [0, 0.1) is 6.92 Å². The molecule has 5 nitrogen and oxygen atoms in total. The van der Waals surface area contributed by atoms with Crippen molar-refractivity contribution in [2.45, 2.75) is 26.9 Å². The van der Waals surface area contributed by atoms with E-state index in [2.05, 4.69) is 0 Å². The van der Waals surface area contributed by atoms with Gasteiger partial charge in [0.25, 0.3) is 0 Å². The van der Waals surface area contributed by atoms with E-state index in [1.54, 1.807) is 26.0 Å². The monoisotopic (exact) mass is 386 g/mol. The number of benzene rings is 2. The highest BCUT2D eigenvalue weighted by molar-refractivity contribution is 6.31. The third-order valence-corrected chi connectivity index (χ3v) is 4.06. The molecule has 0 aliphatic rings. The number of fused-ring (bicyclic) bond motifs is 1. The molecule has 0 saturated heterocycles. The van der Waals surface area contributed by atoms with Crippen LogP contribution < -0.4 is 10.2 Å². The minimum Gasteiger partial charge on any atom is -0.474 e. The van der Waals surface area contributed by atoms with Crippen LogP contribution in [0.5, 0.6) is 5.75 Å². The molecular formula is C21H19ClO5. The summed E-state index contributed by atoms with van der Waals surface area (Å²) in [6.07, 6.45) is -0.274. The van der Waals surface area contributed by atoms with Crippen molar-refractivity contribution >= 4 is 28.5 Å². The molecule has 1 aromatic heterocycles. The molecule has 27 heavy (non-hydrogen) atoms. The van der Waals surface area contributed by atoms with Crippen LogP contribution in [-0.2, 0) is 9.53 Å². The highest BCUT2D eigenvalue weighted by Gasteiger charge is 2.19. The molecular weight excluding hydrogens is 368 g/mol. The number of carbonyl (C=O) groups is 1. The van der Waals surface area contributed by atoms with Gasteiger partial charge < -0.3 is 13.9 Å². The number of halogens is 1. The van der Waals surface area contributed by atoms with E-state index in [9.17, 15) is 9.59 Å². The van der Waals surface area contributed by atoms with Gasteiger partial charge in [0, 0.05) is 10.6 Å². The number of hydrogen-bond acceptors (Lipinski definition) is 5. The van der Waals surface area contributed by atoms with Crippen LogP contribution in [0.4, 0.5) is 0 Å². The fraction of sp³-hybridized carbons (Fsp3) is 0.238. The fourth-order valence-electron chi connectivity index (χ4n) is 2.60. The van der Waals surface area contributed by atoms with Crippen molar-refractivity contribution in [1.29, 1.82) is 0 Å². The van der Waals surface area contributed by atoms with Gasteiger partial charge in [0.2, 0.25) is 11.2 Å². The summed E-state index contributed by atoms with van der Waals surface area (Å²) in [6, 6.07) is 12.3. The highest BCUT2D eigenvalue weighted by Crippen LogP contribution is 2.32. The van der Waals surface area contributed by atoms with Gasteiger partial charge in [0.05, 0.1) is 11.5 Å². The van der Waals surface area contributed by atoms with E-state index in [1.807, 2.05) is 31.2 Å². The SMILES string of the molecule is Cc1ccc(-c2oc3ccc(Cl)cc3c(=O)c2OCC(=O)OC(C)C)cc1. The van der Waals surface area contributed by atoms with E-state index < -0.39 is 18.0 Å². The number of hydrogen-bond donors (Lipinski definition) is 0. The van der Waals surface area contributed by atoms with E-state index >= 15 is 0 Å². The number of ether oxygens (including phenoxy) is 2. The first-order valence-electron chi connectivity index (χ1n) is 8.51. The first-order chi connectivity index (χ1) is 12.8. The molecule has 0 fully saturated rings. The normalized spacial score (nSPS) is 11.0. The second kappa shape index (κ2) is 7.84. The Bertz CT molecular complexity index is 1030. The van der Waals surface area contributed by atoms with Crippen molar-refractivity contribution in [3.63, 3.8) is 0 Å². The van der Waals surface area contributed by atoms with Crippen LogP contribution in [-0.4, -0.2) is 18.7 Å². The predicted molar refractivity (Wildman–Crippen MR) is 104 cm³/mol. The average molecular weight is 387 g/mol. The first kappa shape index (κ1) is 19.0. The summed E-state index contributed by atoms with van der Waals surface area (Å²) in [5, 5.41) is 0.689. The standard InChI is InChI=1S/C21H19ClO5/c1-12(2)26-18(23)11-25-21-19(24)16-10-15(22)8-9-17(16)27-20(21)14-6-4-13(3)5-7-14/h4-10,12H,11H2,1-3H3. The molecule has 2 aromatic carbocycles. The number of aryl methyl sites for hydroxylation is 1. The summed E-state index contributed by atoms with van der Waals surface area (Å²) in [5.74, 6) is -0.355. The molecule has 3 rings (SSSR count). The van der Waals surface area contributed by atoms with Crippen LogP contribution >= 0.6 is 11.6 Å². The van der Waals surface area contributed by atoms with Gasteiger partial charge >= 0.3 is 5.97 Å². The van der Waals surface area contributed by atoms with Gasteiger partial charge in [0.1, 0.15) is 5.58 Å². The summed E-state index contributed by atoms with van der Waals surface area (Å²) >= 11 is 6.01. The molecule has 0 spiro atoms. The Morgan fingerprint density at radius 2 is 1.85 bits per heavy atom. The smallest absolute Gasteiger partial charge is 0.344 e. The van der Waals surface area contributed by atoms with Crippen molar-refractivity contribution in [3.8, 4) is 17.1 Å². The molecule has 0 unspecified atom stereocenters. The van der Waals surface area contributed by atoms with Gasteiger partial charge in [-0.15, -0.1) is 0 Å². The maximum Gasteiger partial charge on any atom is 0.344 e. The topological polar surface area (TPSA) is 65.7 Å². The van der Waals surface area contributed by atoms with E-state index in [0.29, 0.717) is 16.2 Å². The molecule has 140 valence electrons. The van der Waals surface area contributed by atoms with Gasteiger partial charge in [-0.2, -0.15) is 0 Å². The predicted octanol–water partition coefficient (Wildman–Crippen LogP) is 4.75. The number of esters is 1. The third kappa shape index (κ3) is 4.31. The second-order valence-corrected chi connectivity index (χ2v) is 6.86. The fourth-order valence-corrected chi connectivity index (χ4v) is 2.78. The van der Waals surface area contributed by atoms with Gasteiger partial charge in [0.15, 0.2) is 12.4 Å². The molecule has 0 atom stereocenters. The van der Waals surface area contributed by atoms with E-state index in [-0.39, 0.29) is 23.0 Å². The molecule has 0 bridgehead atoms. The maximum absolute atomic E-state index is 13.0. The Hall–Kier alpha value is -2.79. The summed E-state index contributed by atoms with van der Waals surface area (Å²) in [6.45, 7) is 5.04. The van der Waals surface area contributed by atoms with E-state index in [1.165, 1.54) is 6.07 Å². The Morgan fingerprint density at radius 1 is 1.15 bits per heavy atom. The molecule has 6 heteroatoms. The molecule has 0 aliphatic carbocycles. The summed E-state index contributed by atoms with van der Waals surface area (Å²) in [4.78, 5) is 24.8. The molecule has 0 aliphatic heterocycles. The summed E-state index contributed by atoms with van der Waals surface area (Å²) < 4.78 is 16.5. The van der Waals surface area contributed by atoms with Crippen molar-refractivity contribution < 1.29 is 18.7 Å². The van der Waals surface area contributed by atoms with Crippen LogP contribution in [0.25, 0.3) is 22.3 Å². The summed E-state index contributed by atoms with van der Waals surface area (Å²) in [7, 11) is 0. The lowest BCUT2D eigenvalue weighted by Gasteiger charge is -2.13. The molecule has 1 heterocycles. The van der Waals surface area contributed by atoms with Crippen LogP contribution in [0.15, 0.2) is 51.7 Å². The zero-order valence-electron chi connectivity index (χ0n) is 15.2. The van der Waals surface area contributed by atoms with Crippen molar-refractivity contribution in [1.82, 2.24) is 0 Å². The van der Waals surface area contributed by atoms with Gasteiger partial charge in [-0.3, -0.25) is 4.79 Å². The number of rotatable bonds is 5. The Kier molecular flexibility index (Phi) is 5.51.